The van der Waals surface area contributed by atoms with Gasteiger partial charge in [-0.2, -0.15) is 0 Å². The molecule has 0 unspecified atom stereocenters. The lowest BCUT2D eigenvalue weighted by atomic mass is 10.1. The second kappa shape index (κ2) is 9.69. The summed E-state index contributed by atoms with van der Waals surface area (Å²) in [5.41, 5.74) is 3.35. The van der Waals surface area contributed by atoms with Crippen LogP contribution < -0.4 is 15.4 Å². The maximum absolute atomic E-state index is 12.0. The molecule has 134 valence electrons. The van der Waals surface area contributed by atoms with Gasteiger partial charge in [0.15, 0.2) is 0 Å². The first-order valence-electron chi connectivity index (χ1n) is 8.51. The van der Waals surface area contributed by atoms with Gasteiger partial charge in [-0.3, -0.25) is 0 Å². The molecular weight excluding hydrogens is 314 g/mol. The number of benzene rings is 2. The molecule has 0 heterocycles. The maximum Gasteiger partial charge on any atom is 0.315 e. The van der Waals surface area contributed by atoms with Crippen LogP contribution in [0.1, 0.15) is 23.6 Å². The molecule has 0 saturated carbocycles. The summed E-state index contributed by atoms with van der Waals surface area (Å²) in [6, 6.07) is 15.8. The van der Waals surface area contributed by atoms with Crippen LogP contribution in [-0.2, 0) is 19.6 Å². The maximum atomic E-state index is 12.0. The zero-order valence-corrected chi connectivity index (χ0v) is 15.2. The van der Waals surface area contributed by atoms with Crippen molar-refractivity contribution in [2.45, 2.75) is 26.6 Å². The quantitative estimate of drug-likeness (QED) is 0.775. The minimum Gasteiger partial charge on any atom is -0.497 e. The Labute approximate surface area is 150 Å². The average Bonchev–Trinajstić information content (AvgIpc) is 2.65. The molecule has 0 fully saturated rings. The van der Waals surface area contributed by atoms with Crippen LogP contribution in [0.2, 0.25) is 0 Å². The summed E-state index contributed by atoms with van der Waals surface area (Å²) < 4.78 is 5.18. The summed E-state index contributed by atoms with van der Waals surface area (Å²) in [5, 5.41) is 5.76. The Morgan fingerprint density at radius 2 is 1.60 bits per heavy atom. The standard InChI is InChI=1S/C20H27N3O2/c1-4-23(2)15-18-9-5-7-16(11-18)13-21-20(24)22-14-17-8-6-10-19(12-17)25-3/h5-12H,4,13-15H2,1-3H3,(H2,21,22,24). The monoisotopic (exact) mass is 341 g/mol. The molecule has 0 bridgehead atoms. The fourth-order valence-electron chi connectivity index (χ4n) is 2.47. The van der Waals surface area contributed by atoms with Crippen molar-refractivity contribution in [2.75, 3.05) is 20.7 Å². The number of hydrogen-bond acceptors (Lipinski definition) is 3. The van der Waals surface area contributed by atoms with Gasteiger partial charge in [0.05, 0.1) is 7.11 Å². The fraction of sp³-hybridized carbons (Fsp3) is 0.350. The molecule has 0 aromatic heterocycles. The van der Waals surface area contributed by atoms with Gasteiger partial charge in [-0.25, -0.2) is 4.79 Å². The van der Waals surface area contributed by atoms with Crippen LogP contribution in [0.15, 0.2) is 48.5 Å². The van der Waals surface area contributed by atoms with E-state index >= 15 is 0 Å². The number of nitrogens with one attached hydrogen (secondary N) is 2. The Bertz CT molecular complexity index is 688. The van der Waals surface area contributed by atoms with Crippen molar-refractivity contribution < 1.29 is 9.53 Å². The van der Waals surface area contributed by atoms with Crippen LogP contribution in [-0.4, -0.2) is 31.6 Å². The van der Waals surface area contributed by atoms with Gasteiger partial charge in [0.25, 0.3) is 0 Å². The van der Waals surface area contributed by atoms with E-state index in [1.807, 2.05) is 36.4 Å². The van der Waals surface area contributed by atoms with Gasteiger partial charge in [-0.05, 0) is 42.4 Å². The highest BCUT2D eigenvalue weighted by molar-refractivity contribution is 5.73. The highest BCUT2D eigenvalue weighted by Crippen LogP contribution is 2.12. The molecule has 2 rings (SSSR count). The van der Waals surface area contributed by atoms with Gasteiger partial charge in [0, 0.05) is 19.6 Å². The third-order valence-electron chi connectivity index (χ3n) is 4.02. The molecule has 0 aliphatic carbocycles. The van der Waals surface area contributed by atoms with Gasteiger partial charge in [0.1, 0.15) is 5.75 Å². The largest absolute Gasteiger partial charge is 0.497 e. The second-order valence-corrected chi connectivity index (χ2v) is 6.04. The molecule has 2 aromatic rings. The molecule has 5 nitrogen and oxygen atoms in total. The van der Waals surface area contributed by atoms with Gasteiger partial charge in [0.2, 0.25) is 0 Å². The number of amides is 2. The molecule has 0 aliphatic rings. The Hall–Kier alpha value is -2.53. The van der Waals surface area contributed by atoms with E-state index in [9.17, 15) is 4.79 Å². The SMILES string of the molecule is CCN(C)Cc1cccc(CNC(=O)NCc2cccc(OC)c2)c1. The summed E-state index contributed by atoms with van der Waals surface area (Å²) in [5.74, 6) is 0.786. The first-order chi connectivity index (χ1) is 12.1. The Balaban J connectivity index is 1.80. The summed E-state index contributed by atoms with van der Waals surface area (Å²) >= 11 is 0. The number of carbonyl (C=O) groups is 1. The molecule has 0 saturated heterocycles. The fourth-order valence-corrected chi connectivity index (χ4v) is 2.47. The van der Waals surface area contributed by atoms with Gasteiger partial charge in [-0.1, -0.05) is 43.3 Å². The molecule has 2 N–H and O–H groups in total. The molecule has 0 atom stereocenters. The molecule has 0 radical (unpaired) electrons. The summed E-state index contributed by atoms with van der Waals surface area (Å²) in [6.07, 6.45) is 0. The lowest BCUT2D eigenvalue weighted by Crippen LogP contribution is -2.34. The lowest BCUT2D eigenvalue weighted by molar-refractivity contribution is 0.240. The predicted molar refractivity (Wildman–Crippen MR) is 101 cm³/mol. The third kappa shape index (κ3) is 6.47. The normalized spacial score (nSPS) is 10.6. The minimum atomic E-state index is -0.182. The smallest absolute Gasteiger partial charge is 0.315 e. The second-order valence-electron chi connectivity index (χ2n) is 6.04. The van der Waals surface area contributed by atoms with Crippen molar-refractivity contribution in [2.24, 2.45) is 0 Å². The van der Waals surface area contributed by atoms with Gasteiger partial charge in [-0.15, -0.1) is 0 Å². The van der Waals surface area contributed by atoms with E-state index in [2.05, 4.69) is 41.6 Å². The van der Waals surface area contributed by atoms with Crippen molar-refractivity contribution >= 4 is 6.03 Å². The van der Waals surface area contributed by atoms with E-state index in [-0.39, 0.29) is 6.03 Å². The Kier molecular flexibility index (Phi) is 7.29. The number of urea groups is 1. The number of carbonyl (C=O) groups excluding carboxylic acids is 1. The molecule has 0 aliphatic heterocycles. The number of ether oxygens (including phenoxy) is 1. The first kappa shape index (κ1) is 18.8. The van der Waals surface area contributed by atoms with Crippen molar-refractivity contribution in [3.8, 4) is 5.75 Å². The van der Waals surface area contributed by atoms with Crippen molar-refractivity contribution in [1.29, 1.82) is 0 Å². The van der Waals surface area contributed by atoms with Crippen LogP contribution in [0, 0.1) is 0 Å². The molecule has 25 heavy (non-hydrogen) atoms. The number of hydrogen-bond donors (Lipinski definition) is 2. The number of methoxy groups -OCH3 is 1. The van der Waals surface area contributed by atoms with Gasteiger partial charge >= 0.3 is 6.03 Å². The third-order valence-corrected chi connectivity index (χ3v) is 4.02. The van der Waals surface area contributed by atoms with E-state index in [1.165, 1.54) is 5.56 Å². The molecule has 2 amide bonds. The van der Waals surface area contributed by atoms with E-state index in [4.69, 9.17) is 4.74 Å². The van der Waals surface area contributed by atoms with Crippen LogP contribution in [0.4, 0.5) is 4.79 Å². The highest BCUT2D eigenvalue weighted by Gasteiger charge is 2.03. The van der Waals surface area contributed by atoms with Crippen LogP contribution in [0.25, 0.3) is 0 Å². The molecular formula is C20H27N3O2. The predicted octanol–water partition coefficient (Wildman–Crippen LogP) is 3.15. The van der Waals surface area contributed by atoms with Crippen molar-refractivity contribution in [3.05, 3.63) is 65.2 Å². The lowest BCUT2D eigenvalue weighted by Gasteiger charge is -2.14. The van der Waals surface area contributed by atoms with E-state index in [0.29, 0.717) is 13.1 Å². The Morgan fingerprint density at radius 3 is 2.24 bits per heavy atom. The highest BCUT2D eigenvalue weighted by atomic mass is 16.5. The topological polar surface area (TPSA) is 53.6 Å². The first-order valence-corrected chi connectivity index (χ1v) is 8.51. The number of rotatable bonds is 8. The summed E-state index contributed by atoms with van der Waals surface area (Å²) in [4.78, 5) is 14.2. The van der Waals surface area contributed by atoms with Crippen LogP contribution in [0.5, 0.6) is 5.75 Å². The van der Waals surface area contributed by atoms with Crippen LogP contribution in [0.3, 0.4) is 0 Å². The van der Waals surface area contributed by atoms with E-state index in [1.54, 1.807) is 7.11 Å². The molecule has 0 spiro atoms. The van der Waals surface area contributed by atoms with Crippen LogP contribution >= 0.6 is 0 Å². The molecule has 5 heteroatoms. The summed E-state index contributed by atoms with van der Waals surface area (Å²) in [6.45, 7) is 5.03. The molecule has 2 aromatic carbocycles. The Morgan fingerprint density at radius 1 is 1.00 bits per heavy atom. The van der Waals surface area contributed by atoms with Crippen molar-refractivity contribution in [3.63, 3.8) is 0 Å². The number of nitrogens with zero attached hydrogens (tertiary/aromatic N) is 1. The zero-order chi connectivity index (χ0) is 18.1. The van der Waals surface area contributed by atoms with Crippen molar-refractivity contribution in [1.82, 2.24) is 15.5 Å². The zero-order valence-electron chi connectivity index (χ0n) is 15.2. The van der Waals surface area contributed by atoms with E-state index in [0.717, 1.165) is 30.0 Å². The average molecular weight is 341 g/mol. The minimum absolute atomic E-state index is 0.182. The summed E-state index contributed by atoms with van der Waals surface area (Å²) in [7, 11) is 3.72. The van der Waals surface area contributed by atoms with E-state index < -0.39 is 0 Å². The van der Waals surface area contributed by atoms with Gasteiger partial charge < -0.3 is 20.3 Å².